The van der Waals surface area contributed by atoms with E-state index in [1.54, 1.807) is 0 Å². The molecule has 1 saturated heterocycles. The quantitative estimate of drug-likeness (QED) is 0.0267. The number of esters is 1. The summed E-state index contributed by atoms with van der Waals surface area (Å²) in [6.45, 7) is 4.60. The predicted molar refractivity (Wildman–Crippen MR) is 265 cm³/mol. The van der Waals surface area contributed by atoms with Gasteiger partial charge in [-0.15, -0.1) is 0 Å². The Morgan fingerprint density at radius 3 is 1.34 bits per heavy atom. The Morgan fingerprint density at radius 1 is 0.500 bits per heavy atom. The largest absolute Gasteiger partial charge is 0.457 e. The molecule has 0 bridgehead atoms. The molecule has 6 atom stereocenters. The molecule has 4 N–H and O–H groups in total. The minimum Gasteiger partial charge on any atom is -0.457 e. The van der Waals surface area contributed by atoms with Gasteiger partial charge in [0, 0.05) is 13.0 Å². The van der Waals surface area contributed by atoms with Crippen molar-refractivity contribution in [2.75, 3.05) is 26.4 Å². The van der Waals surface area contributed by atoms with Gasteiger partial charge in [0.1, 0.15) is 30.5 Å². The molecule has 0 saturated carbocycles. The molecular weight excluding hydrogens is 805 g/mol. The van der Waals surface area contributed by atoms with E-state index >= 15 is 0 Å². The van der Waals surface area contributed by atoms with Gasteiger partial charge in [-0.3, -0.25) is 4.79 Å². The molecule has 64 heavy (non-hydrogen) atoms. The van der Waals surface area contributed by atoms with Crippen molar-refractivity contribution in [1.29, 1.82) is 0 Å². The molecule has 378 valence electrons. The molecule has 0 spiro atoms. The molecule has 0 amide bonds. The van der Waals surface area contributed by atoms with Crippen LogP contribution in [0, 0.1) is 0 Å². The van der Waals surface area contributed by atoms with Crippen LogP contribution < -0.4 is 0 Å². The molecule has 6 unspecified atom stereocenters. The number of unbranched alkanes of at least 4 members (excludes halogenated alkanes) is 33. The highest BCUT2D eigenvalue weighted by Crippen LogP contribution is 2.23. The second kappa shape index (κ2) is 46.8. The lowest BCUT2D eigenvalue weighted by atomic mass is 9.99. The molecule has 1 aliphatic rings. The summed E-state index contributed by atoms with van der Waals surface area (Å²) in [7, 11) is 0. The minimum absolute atomic E-state index is 0.109. The van der Waals surface area contributed by atoms with E-state index in [0.29, 0.717) is 13.0 Å². The van der Waals surface area contributed by atoms with E-state index in [0.717, 1.165) is 38.5 Å². The van der Waals surface area contributed by atoms with E-state index in [1.165, 1.54) is 199 Å². The SMILES string of the molecule is CCCCCCC/C=C\C/C=C\CCCCCCCCCCCCCC(=O)OC(COCCCCCCCCCCCCCCCCCCCC)COC1OC(CO)C(O)C(O)C1O. The fourth-order valence-electron chi connectivity index (χ4n) is 8.58. The molecule has 0 aliphatic carbocycles. The highest BCUT2D eigenvalue weighted by molar-refractivity contribution is 5.69. The zero-order valence-electron chi connectivity index (χ0n) is 41.8. The highest BCUT2D eigenvalue weighted by atomic mass is 16.7. The van der Waals surface area contributed by atoms with Crippen molar-refractivity contribution in [1.82, 2.24) is 0 Å². The Labute approximate surface area is 394 Å². The first-order chi connectivity index (χ1) is 31.4. The summed E-state index contributed by atoms with van der Waals surface area (Å²) >= 11 is 0. The van der Waals surface area contributed by atoms with Gasteiger partial charge in [-0.25, -0.2) is 0 Å². The van der Waals surface area contributed by atoms with Crippen molar-refractivity contribution in [2.45, 2.75) is 295 Å². The maximum Gasteiger partial charge on any atom is 0.306 e. The standard InChI is InChI=1S/C55H104O9/c1-3-5-7-9-11-13-15-17-19-21-23-24-25-26-27-28-30-32-34-36-38-40-42-44-51(57)63-49(48-62-55-54(60)53(59)52(58)50(46-56)64-55)47-61-45-43-41-39-37-35-33-31-29-22-20-18-16-14-12-10-8-6-4-2/h15,17,21,23,49-50,52-56,58-60H,3-14,16,18-20,22,24-48H2,1-2H3/b17-15-,23-21-. The summed E-state index contributed by atoms with van der Waals surface area (Å²) in [6.07, 6.45) is 49.3. The lowest BCUT2D eigenvalue weighted by Crippen LogP contribution is -2.59. The zero-order valence-corrected chi connectivity index (χ0v) is 41.8. The fraction of sp³-hybridized carbons (Fsp3) is 0.909. The summed E-state index contributed by atoms with van der Waals surface area (Å²) < 4.78 is 22.9. The summed E-state index contributed by atoms with van der Waals surface area (Å²) in [6, 6.07) is 0. The molecule has 1 fully saturated rings. The van der Waals surface area contributed by atoms with Gasteiger partial charge in [0.15, 0.2) is 6.29 Å². The van der Waals surface area contributed by atoms with Gasteiger partial charge in [0.25, 0.3) is 0 Å². The minimum atomic E-state index is -1.53. The lowest BCUT2D eigenvalue weighted by molar-refractivity contribution is -0.305. The molecule has 9 nitrogen and oxygen atoms in total. The summed E-state index contributed by atoms with van der Waals surface area (Å²) in [5.74, 6) is -0.310. The van der Waals surface area contributed by atoms with Gasteiger partial charge in [-0.1, -0.05) is 231 Å². The number of carbonyl (C=O) groups is 1. The number of hydrogen-bond acceptors (Lipinski definition) is 9. The molecule has 0 radical (unpaired) electrons. The van der Waals surface area contributed by atoms with E-state index < -0.39 is 43.4 Å². The average Bonchev–Trinajstić information content (AvgIpc) is 3.30. The molecule has 1 aliphatic heterocycles. The number of allylic oxidation sites excluding steroid dienone is 4. The zero-order chi connectivity index (χ0) is 46.4. The second-order valence-corrected chi connectivity index (χ2v) is 19.0. The Kier molecular flexibility index (Phi) is 44.3. The van der Waals surface area contributed by atoms with Gasteiger partial charge in [0.2, 0.25) is 0 Å². The van der Waals surface area contributed by atoms with E-state index in [2.05, 4.69) is 38.2 Å². The fourth-order valence-corrected chi connectivity index (χ4v) is 8.58. The van der Waals surface area contributed by atoms with Gasteiger partial charge in [0.05, 0.1) is 19.8 Å². The molecule has 0 aromatic rings. The number of aliphatic hydroxyl groups is 4. The van der Waals surface area contributed by atoms with Gasteiger partial charge in [-0.2, -0.15) is 0 Å². The van der Waals surface area contributed by atoms with Crippen molar-refractivity contribution in [2.24, 2.45) is 0 Å². The van der Waals surface area contributed by atoms with E-state index in [9.17, 15) is 25.2 Å². The average molecular weight is 909 g/mol. The Morgan fingerprint density at radius 2 is 0.906 bits per heavy atom. The molecule has 1 rings (SSSR count). The Hall–Kier alpha value is -1.33. The van der Waals surface area contributed by atoms with Crippen molar-refractivity contribution < 1.29 is 44.2 Å². The number of aliphatic hydroxyl groups excluding tert-OH is 4. The predicted octanol–water partition coefficient (Wildman–Crippen LogP) is 13.7. The van der Waals surface area contributed by atoms with Crippen LogP contribution in [-0.4, -0.2) is 89.6 Å². The first kappa shape index (κ1) is 60.7. The smallest absolute Gasteiger partial charge is 0.306 e. The molecule has 0 aromatic heterocycles. The summed E-state index contributed by atoms with van der Waals surface area (Å²) in [5.41, 5.74) is 0. The highest BCUT2D eigenvalue weighted by Gasteiger charge is 2.44. The van der Waals surface area contributed by atoms with Crippen LogP contribution in [0.25, 0.3) is 0 Å². The van der Waals surface area contributed by atoms with E-state index in [-0.39, 0.29) is 19.2 Å². The number of hydrogen-bond donors (Lipinski definition) is 4. The van der Waals surface area contributed by atoms with Crippen LogP contribution in [0.2, 0.25) is 0 Å². The van der Waals surface area contributed by atoms with Crippen molar-refractivity contribution in [3.63, 3.8) is 0 Å². The topological polar surface area (TPSA) is 135 Å². The van der Waals surface area contributed by atoms with Gasteiger partial charge < -0.3 is 39.4 Å². The van der Waals surface area contributed by atoms with Crippen LogP contribution in [0.1, 0.15) is 258 Å². The van der Waals surface area contributed by atoms with Crippen molar-refractivity contribution >= 4 is 5.97 Å². The van der Waals surface area contributed by atoms with Crippen LogP contribution >= 0.6 is 0 Å². The Bertz CT molecular complexity index is 1040. The first-order valence-corrected chi connectivity index (χ1v) is 27.4. The number of rotatable bonds is 48. The van der Waals surface area contributed by atoms with Crippen LogP contribution in [0.4, 0.5) is 0 Å². The van der Waals surface area contributed by atoms with Gasteiger partial charge >= 0.3 is 5.97 Å². The second-order valence-electron chi connectivity index (χ2n) is 19.0. The van der Waals surface area contributed by atoms with Gasteiger partial charge in [-0.05, 0) is 44.9 Å². The third-order valence-electron chi connectivity index (χ3n) is 12.9. The van der Waals surface area contributed by atoms with E-state index in [4.69, 9.17) is 18.9 Å². The molecular formula is C55H104O9. The third kappa shape index (κ3) is 36.7. The number of ether oxygens (including phenoxy) is 4. The first-order valence-electron chi connectivity index (χ1n) is 27.4. The van der Waals surface area contributed by atoms with E-state index in [1.807, 2.05) is 0 Å². The molecule has 9 heteroatoms. The monoisotopic (exact) mass is 909 g/mol. The van der Waals surface area contributed by atoms with Crippen LogP contribution in [0.15, 0.2) is 24.3 Å². The summed E-state index contributed by atoms with van der Waals surface area (Å²) in [5, 5.41) is 40.3. The van der Waals surface area contributed by atoms with Crippen LogP contribution in [-0.2, 0) is 23.7 Å². The normalized spacial score (nSPS) is 19.6. The van der Waals surface area contributed by atoms with Crippen molar-refractivity contribution in [3.8, 4) is 0 Å². The summed E-state index contributed by atoms with van der Waals surface area (Å²) in [4.78, 5) is 12.9. The maximum absolute atomic E-state index is 12.9. The lowest BCUT2D eigenvalue weighted by Gasteiger charge is -2.39. The van der Waals surface area contributed by atoms with Crippen LogP contribution in [0.3, 0.4) is 0 Å². The maximum atomic E-state index is 12.9. The van der Waals surface area contributed by atoms with Crippen LogP contribution in [0.5, 0.6) is 0 Å². The Balaban J connectivity index is 2.16. The van der Waals surface area contributed by atoms with Crippen molar-refractivity contribution in [3.05, 3.63) is 24.3 Å². The molecule has 1 heterocycles. The molecule has 0 aromatic carbocycles. The number of carbonyl (C=O) groups excluding carboxylic acids is 1. The third-order valence-corrected chi connectivity index (χ3v) is 12.9.